The van der Waals surface area contributed by atoms with Gasteiger partial charge in [-0.3, -0.25) is 9.69 Å². The highest BCUT2D eigenvalue weighted by Gasteiger charge is 2.35. The van der Waals surface area contributed by atoms with E-state index in [0.717, 1.165) is 41.5 Å². The number of pyridine rings is 1. The first-order valence-corrected chi connectivity index (χ1v) is 14.5. The standard InChI is InChI=1S/C35H36F5N3O2/c1-34(2,3)42-33(45)27-15-17-32(35(38,39)40)41-29(27)20-31(44)30(19-25-18-26(36)14-16-28(25)37)43(21-23-10-6-4-7-11-23)22-24-12-8-5-9-13-24/h4-18,30-31,44H,19-22H2,1-3H3,(H,42,45). The molecule has 0 radical (unpaired) electrons. The molecule has 0 saturated heterocycles. The molecular weight excluding hydrogens is 589 g/mol. The number of carbonyl (C=O) groups excluding carboxylic acids is 1. The number of nitrogens with one attached hydrogen (secondary N) is 1. The zero-order chi connectivity index (χ0) is 32.8. The van der Waals surface area contributed by atoms with Crippen LogP contribution < -0.4 is 5.32 Å². The number of hydrogen-bond donors (Lipinski definition) is 2. The van der Waals surface area contributed by atoms with Crippen LogP contribution in [-0.2, 0) is 32.1 Å². The van der Waals surface area contributed by atoms with Crippen molar-refractivity contribution in [3.05, 3.63) is 136 Å². The molecule has 0 spiro atoms. The average molecular weight is 626 g/mol. The normalized spacial score (nSPS) is 13.5. The maximum absolute atomic E-state index is 15.0. The van der Waals surface area contributed by atoms with Crippen molar-refractivity contribution >= 4 is 5.91 Å². The van der Waals surface area contributed by atoms with Crippen molar-refractivity contribution < 1.29 is 31.9 Å². The molecular formula is C35H36F5N3O2. The molecule has 1 heterocycles. The lowest BCUT2D eigenvalue weighted by Crippen LogP contribution is -2.46. The smallest absolute Gasteiger partial charge is 0.391 e. The topological polar surface area (TPSA) is 65.5 Å². The molecule has 10 heteroatoms. The number of carbonyl (C=O) groups is 1. The van der Waals surface area contributed by atoms with Crippen LogP contribution in [-0.4, -0.2) is 38.6 Å². The number of amides is 1. The van der Waals surface area contributed by atoms with Gasteiger partial charge in [0.05, 0.1) is 17.4 Å². The molecule has 45 heavy (non-hydrogen) atoms. The number of aromatic nitrogens is 1. The minimum atomic E-state index is -4.80. The molecule has 4 rings (SSSR count). The number of benzene rings is 3. The molecule has 2 N–H and O–H groups in total. The molecule has 238 valence electrons. The van der Waals surface area contributed by atoms with Gasteiger partial charge < -0.3 is 10.4 Å². The van der Waals surface area contributed by atoms with Crippen LogP contribution in [0, 0.1) is 11.6 Å². The van der Waals surface area contributed by atoms with E-state index in [4.69, 9.17) is 0 Å². The third kappa shape index (κ3) is 9.67. The quantitative estimate of drug-likeness (QED) is 0.174. The maximum Gasteiger partial charge on any atom is 0.433 e. The highest BCUT2D eigenvalue weighted by atomic mass is 19.4. The van der Waals surface area contributed by atoms with Crippen LogP contribution in [0.3, 0.4) is 0 Å². The van der Waals surface area contributed by atoms with Crippen molar-refractivity contribution in [1.82, 2.24) is 15.2 Å². The molecule has 0 aliphatic heterocycles. The summed E-state index contributed by atoms with van der Waals surface area (Å²) < 4.78 is 70.5. The molecule has 2 unspecified atom stereocenters. The fourth-order valence-corrected chi connectivity index (χ4v) is 5.12. The molecule has 1 aromatic heterocycles. The summed E-state index contributed by atoms with van der Waals surface area (Å²) in [6.45, 7) is 5.74. The molecule has 5 nitrogen and oxygen atoms in total. The lowest BCUT2D eigenvalue weighted by Gasteiger charge is -2.36. The predicted molar refractivity (Wildman–Crippen MR) is 162 cm³/mol. The first-order chi connectivity index (χ1) is 21.2. The summed E-state index contributed by atoms with van der Waals surface area (Å²) in [7, 11) is 0. The number of aliphatic hydroxyl groups excluding tert-OH is 1. The molecule has 3 aromatic carbocycles. The van der Waals surface area contributed by atoms with Gasteiger partial charge in [0.15, 0.2) is 0 Å². The molecule has 0 aliphatic rings. The van der Waals surface area contributed by atoms with Gasteiger partial charge in [-0.05, 0) is 74.2 Å². The van der Waals surface area contributed by atoms with E-state index in [9.17, 15) is 31.9 Å². The summed E-state index contributed by atoms with van der Waals surface area (Å²) in [4.78, 5) is 18.8. The number of nitrogens with zero attached hydrogens (tertiary/aromatic N) is 2. The zero-order valence-electron chi connectivity index (χ0n) is 25.3. The Morgan fingerprint density at radius 3 is 1.96 bits per heavy atom. The van der Waals surface area contributed by atoms with Crippen molar-refractivity contribution in [3.63, 3.8) is 0 Å². The SMILES string of the molecule is CC(C)(C)NC(=O)c1ccc(C(F)(F)F)nc1CC(O)C(Cc1cc(F)ccc1F)N(Cc1ccccc1)Cc1ccccc1. The summed E-state index contributed by atoms with van der Waals surface area (Å²) >= 11 is 0. The van der Waals surface area contributed by atoms with Gasteiger partial charge >= 0.3 is 6.18 Å². The molecule has 0 fully saturated rings. The van der Waals surface area contributed by atoms with E-state index < -0.39 is 53.5 Å². The summed E-state index contributed by atoms with van der Waals surface area (Å²) in [6.07, 6.45) is -6.88. The van der Waals surface area contributed by atoms with Crippen LogP contribution in [0.5, 0.6) is 0 Å². The molecule has 1 amide bonds. The third-order valence-corrected chi connectivity index (χ3v) is 7.21. The Morgan fingerprint density at radius 1 is 0.844 bits per heavy atom. The number of rotatable bonds is 11. The van der Waals surface area contributed by atoms with Crippen molar-refractivity contribution in [2.24, 2.45) is 0 Å². The van der Waals surface area contributed by atoms with Crippen molar-refractivity contribution in [2.75, 3.05) is 0 Å². The van der Waals surface area contributed by atoms with E-state index >= 15 is 0 Å². The van der Waals surface area contributed by atoms with Gasteiger partial charge in [-0.1, -0.05) is 60.7 Å². The second kappa shape index (κ2) is 14.3. The number of alkyl halides is 3. The van der Waals surface area contributed by atoms with Crippen LogP contribution in [0.4, 0.5) is 22.0 Å². The first kappa shape index (κ1) is 33.7. The van der Waals surface area contributed by atoms with Gasteiger partial charge in [0, 0.05) is 31.1 Å². The van der Waals surface area contributed by atoms with Crippen LogP contribution in [0.2, 0.25) is 0 Å². The van der Waals surface area contributed by atoms with E-state index in [1.54, 1.807) is 20.8 Å². The van der Waals surface area contributed by atoms with E-state index in [-0.39, 0.29) is 36.3 Å². The second-order valence-corrected chi connectivity index (χ2v) is 12.0. The first-order valence-electron chi connectivity index (χ1n) is 14.5. The average Bonchev–Trinajstić information content (AvgIpc) is 2.97. The Labute approximate surface area is 259 Å². The van der Waals surface area contributed by atoms with Crippen molar-refractivity contribution in [3.8, 4) is 0 Å². The summed E-state index contributed by atoms with van der Waals surface area (Å²) in [6, 6.07) is 22.5. The summed E-state index contributed by atoms with van der Waals surface area (Å²) in [5, 5.41) is 14.6. The van der Waals surface area contributed by atoms with Crippen LogP contribution in [0.25, 0.3) is 0 Å². The van der Waals surface area contributed by atoms with Crippen LogP contribution in [0.15, 0.2) is 91.0 Å². The van der Waals surface area contributed by atoms with Gasteiger partial charge in [-0.2, -0.15) is 13.2 Å². The predicted octanol–water partition coefficient (Wildman–Crippen LogP) is 7.12. The maximum atomic E-state index is 15.0. The fourth-order valence-electron chi connectivity index (χ4n) is 5.12. The summed E-state index contributed by atoms with van der Waals surface area (Å²) in [5.74, 6) is -2.00. The Kier molecular flexibility index (Phi) is 10.7. The Morgan fingerprint density at radius 2 is 1.42 bits per heavy atom. The van der Waals surface area contributed by atoms with Crippen LogP contribution >= 0.6 is 0 Å². The molecule has 4 aromatic rings. The minimum absolute atomic E-state index is 0.00660. The Balaban J connectivity index is 1.80. The number of aliphatic hydroxyl groups is 1. The fraction of sp³-hybridized carbons (Fsp3) is 0.314. The van der Waals surface area contributed by atoms with Gasteiger partial charge in [0.1, 0.15) is 17.3 Å². The number of halogens is 5. The molecule has 0 bridgehead atoms. The monoisotopic (exact) mass is 625 g/mol. The number of hydrogen-bond acceptors (Lipinski definition) is 4. The minimum Gasteiger partial charge on any atom is -0.391 e. The largest absolute Gasteiger partial charge is 0.433 e. The van der Waals surface area contributed by atoms with E-state index in [2.05, 4.69) is 10.3 Å². The molecule has 0 saturated carbocycles. The second-order valence-electron chi connectivity index (χ2n) is 12.0. The van der Waals surface area contributed by atoms with Crippen LogP contribution in [0.1, 0.15) is 59.2 Å². The van der Waals surface area contributed by atoms with Crippen molar-refractivity contribution in [2.45, 2.75) is 70.6 Å². The van der Waals surface area contributed by atoms with Gasteiger partial charge in [0.25, 0.3) is 5.91 Å². The van der Waals surface area contributed by atoms with E-state index in [0.29, 0.717) is 0 Å². The Hall–Kier alpha value is -4.15. The highest BCUT2D eigenvalue weighted by Crippen LogP contribution is 2.30. The van der Waals surface area contributed by atoms with Gasteiger partial charge in [-0.25, -0.2) is 13.8 Å². The highest BCUT2D eigenvalue weighted by molar-refractivity contribution is 5.95. The summed E-state index contributed by atoms with van der Waals surface area (Å²) in [5.41, 5.74) is -0.563. The zero-order valence-corrected chi connectivity index (χ0v) is 25.3. The van der Waals surface area contributed by atoms with Crippen molar-refractivity contribution in [1.29, 1.82) is 0 Å². The van der Waals surface area contributed by atoms with E-state index in [1.807, 2.05) is 65.6 Å². The third-order valence-electron chi connectivity index (χ3n) is 7.21. The molecule has 0 aliphatic carbocycles. The molecule has 2 atom stereocenters. The van der Waals surface area contributed by atoms with Gasteiger partial charge in [-0.15, -0.1) is 0 Å². The van der Waals surface area contributed by atoms with E-state index in [1.165, 1.54) is 0 Å². The lowest BCUT2D eigenvalue weighted by molar-refractivity contribution is -0.141. The lowest BCUT2D eigenvalue weighted by atomic mass is 9.93. The van der Waals surface area contributed by atoms with Gasteiger partial charge in [0.2, 0.25) is 0 Å². The Bertz CT molecular complexity index is 1530.